The number of nitrogens with zero attached hydrogens (tertiary/aromatic N) is 1. The first-order valence-electron chi connectivity index (χ1n) is 5.77. The predicted octanol–water partition coefficient (Wildman–Crippen LogP) is 0.0541. The molecule has 1 rings (SSSR count). The number of carboxylic acids is 1. The Morgan fingerprint density at radius 2 is 2.06 bits per heavy atom. The van der Waals surface area contributed by atoms with E-state index in [0.717, 1.165) is 12.8 Å². The van der Waals surface area contributed by atoms with Gasteiger partial charge in [-0.05, 0) is 18.8 Å². The van der Waals surface area contributed by atoms with E-state index in [9.17, 15) is 14.4 Å². The molecule has 7 heteroatoms. The Bertz CT molecular complexity index is 340. The fraction of sp³-hybridized carbons (Fsp3) is 0.727. The van der Waals surface area contributed by atoms with E-state index in [-0.39, 0.29) is 18.9 Å². The molecule has 0 saturated heterocycles. The maximum atomic E-state index is 11.7. The highest BCUT2D eigenvalue weighted by atomic mass is 16.5. The van der Waals surface area contributed by atoms with E-state index in [1.807, 2.05) is 0 Å². The first kappa shape index (κ1) is 14.3. The number of carbonyl (C=O) groups is 3. The van der Waals surface area contributed by atoms with Crippen molar-refractivity contribution in [1.29, 1.82) is 0 Å². The van der Waals surface area contributed by atoms with Crippen molar-refractivity contribution >= 4 is 18.0 Å². The van der Waals surface area contributed by atoms with Gasteiger partial charge in [-0.2, -0.15) is 0 Å². The number of urea groups is 1. The van der Waals surface area contributed by atoms with Crippen molar-refractivity contribution in [3.8, 4) is 0 Å². The number of ether oxygens (including phenoxy) is 1. The van der Waals surface area contributed by atoms with Gasteiger partial charge >= 0.3 is 18.0 Å². The van der Waals surface area contributed by atoms with Crippen molar-refractivity contribution in [3.05, 3.63) is 0 Å². The summed E-state index contributed by atoms with van der Waals surface area (Å²) in [4.78, 5) is 34.8. The summed E-state index contributed by atoms with van der Waals surface area (Å²) in [6, 6.07) is -1.32. The van der Waals surface area contributed by atoms with Crippen molar-refractivity contribution < 1.29 is 24.2 Å². The summed E-state index contributed by atoms with van der Waals surface area (Å²) in [5.74, 6) is -1.40. The lowest BCUT2D eigenvalue weighted by atomic mass is 10.2. The number of hydrogen-bond acceptors (Lipinski definition) is 4. The molecule has 0 heterocycles. The van der Waals surface area contributed by atoms with Gasteiger partial charge in [0, 0.05) is 13.6 Å². The highest BCUT2D eigenvalue weighted by Gasteiger charge is 2.37. The molecule has 0 radical (unpaired) electrons. The Morgan fingerprint density at radius 3 is 2.50 bits per heavy atom. The molecule has 1 aliphatic carbocycles. The van der Waals surface area contributed by atoms with Crippen molar-refractivity contribution in [1.82, 2.24) is 10.2 Å². The van der Waals surface area contributed by atoms with E-state index in [0.29, 0.717) is 0 Å². The molecule has 102 valence electrons. The van der Waals surface area contributed by atoms with Crippen LogP contribution in [0.1, 0.15) is 19.3 Å². The van der Waals surface area contributed by atoms with Crippen LogP contribution < -0.4 is 5.32 Å². The summed E-state index contributed by atoms with van der Waals surface area (Å²) in [7, 11) is 2.78. The fourth-order valence-electron chi connectivity index (χ4n) is 1.52. The molecule has 2 amide bonds. The molecule has 7 nitrogen and oxygen atoms in total. The highest BCUT2D eigenvalue weighted by Crippen LogP contribution is 2.32. The zero-order chi connectivity index (χ0) is 13.7. The topological polar surface area (TPSA) is 95.9 Å². The van der Waals surface area contributed by atoms with Crippen molar-refractivity contribution in [2.24, 2.45) is 5.92 Å². The van der Waals surface area contributed by atoms with Gasteiger partial charge < -0.3 is 20.1 Å². The molecule has 1 unspecified atom stereocenters. The Balaban J connectivity index is 2.38. The van der Waals surface area contributed by atoms with Crippen LogP contribution in [0.5, 0.6) is 0 Å². The number of carbonyl (C=O) groups excluding carboxylic acids is 2. The number of esters is 1. The van der Waals surface area contributed by atoms with E-state index in [1.165, 1.54) is 19.1 Å². The van der Waals surface area contributed by atoms with Crippen LogP contribution in [0.3, 0.4) is 0 Å². The summed E-state index contributed by atoms with van der Waals surface area (Å²) >= 11 is 0. The highest BCUT2D eigenvalue weighted by molar-refractivity contribution is 5.83. The van der Waals surface area contributed by atoms with E-state index < -0.39 is 24.0 Å². The lowest BCUT2D eigenvalue weighted by molar-refractivity contribution is -0.141. The van der Waals surface area contributed by atoms with Crippen LogP contribution in [-0.2, 0) is 14.3 Å². The second-order valence-electron chi connectivity index (χ2n) is 4.35. The minimum atomic E-state index is -1.02. The van der Waals surface area contributed by atoms with Crippen molar-refractivity contribution in [2.45, 2.75) is 25.3 Å². The van der Waals surface area contributed by atoms with Crippen LogP contribution in [0.15, 0.2) is 0 Å². The van der Waals surface area contributed by atoms with Crippen LogP contribution in [-0.4, -0.2) is 54.7 Å². The van der Waals surface area contributed by atoms with Gasteiger partial charge in [0.2, 0.25) is 0 Å². The standard InChI is InChI=1S/C11H18N2O5/c1-13(6-5-8(14)18-2)11(17)12-9(10(15)16)7-3-4-7/h7,9H,3-6H2,1-2H3,(H,12,17)(H,15,16). The average Bonchev–Trinajstić information content (AvgIpc) is 3.15. The molecule has 1 aliphatic rings. The molecule has 2 N–H and O–H groups in total. The van der Waals surface area contributed by atoms with Crippen LogP contribution in [0.25, 0.3) is 0 Å². The summed E-state index contributed by atoms with van der Waals surface area (Å²) in [6.45, 7) is 0.190. The Morgan fingerprint density at radius 1 is 1.44 bits per heavy atom. The van der Waals surface area contributed by atoms with Gasteiger partial charge in [-0.1, -0.05) is 0 Å². The molecular weight excluding hydrogens is 240 g/mol. The molecule has 0 aliphatic heterocycles. The third-order valence-electron chi connectivity index (χ3n) is 2.86. The maximum Gasteiger partial charge on any atom is 0.326 e. The number of nitrogens with one attached hydrogen (secondary N) is 1. The molecule has 1 atom stereocenters. The second-order valence-corrected chi connectivity index (χ2v) is 4.35. The Kier molecular flexibility index (Phi) is 4.94. The molecule has 0 aromatic heterocycles. The number of rotatable bonds is 6. The van der Waals surface area contributed by atoms with Gasteiger partial charge in [0.15, 0.2) is 0 Å². The van der Waals surface area contributed by atoms with Gasteiger partial charge in [0.1, 0.15) is 6.04 Å². The van der Waals surface area contributed by atoms with Crippen LogP contribution in [0.2, 0.25) is 0 Å². The smallest absolute Gasteiger partial charge is 0.326 e. The summed E-state index contributed by atoms with van der Waals surface area (Å²) < 4.78 is 4.46. The quantitative estimate of drug-likeness (QED) is 0.656. The third-order valence-corrected chi connectivity index (χ3v) is 2.86. The van der Waals surface area contributed by atoms with Crippen molar-refractivity contribution in [2.75, 3.05) is 20.7 Å². The van der Waals surface area contributed by atoms with Gasteiger partial charge in [-0.3, -0.25) is 4.79 Å². The lowest BCUT2D eigenvalue weighted by Crippen LogP contribution is -2.48. The lowest BCUT2D eigenvalue weighted by Gasteiger charge is -2.20. The molecule has 1 saturated carbocycles. The van der Waals surface area contributed by atoms with Crippen LogP contribution in [0, 0.1) is 5.92 Å². The fourth-order valence-corrected chi connectivity index (χ4v) is 1.52. The third kappa shape index (κ3) is 4.23. The Labute approximate surface area is 105 Å². The number of amides is 2. The number of aliphatic carboxylic acids is 1. The average molecular weight is 258 g/mol. The van der Waals surface area contributed by atoms with Gasteiger partial charge in [0.25, 0.3) is 0 Å². The second kappa shape index (κ2) is 6.23. The zero-order valence-electron chi connectivity index (χ0n) is 10.5. The molecule has 18 heavy (non-hydrogen) atoms. The van der Waals surface area contributed by atoms with Crippen molar-refractivity contribution in [3.63, 3.8) is 0 Å². The predicted molar refractivity (Wildman–Crippen MR) is 61.9 cm³/mol. The molecule has 1 fully saturated rings. The number of hydrogen-bond donors (Lipinski definition) is 2. The van der Waals surface area contributed by atoms with Gasteiger partial charge in [-0.25, -0.2) is 9.59 Å². The first-order chi connectivity index (χ1) is 8.45. The summed E-state index contributed by atoms with van der Waals surface area (Å²) in [5.41, 5.74) is 0. The normalized spacial score (nSPS) is 15.7. The van der Waals surface area contributed by atoms with Gasteiger partial charge in [0.05, 0.1) is 13.5 Å². The minimum Gasteiger partial charge on any atom is -0.480 e. The minimum absolute atomic E-state index is 0.0282. The first-order valence-corrected chi connectivity index (χ1v) is 5.77. The molecule has 0 spiro atoms. The van der Waals surface area contributed by atoms with Crippen LogP contribution >= 0.6 is 0 Å². The Hall–Kier alpha value is -1.79. The SMILES string of the molecule is COC(=O)CCN(C)C(=O)NC(C(=O)O)C1CC1. The number of methoxy groups -OCH3 is 1. The van der Waals surface area contributed by atoms with Gasteiger partial charge in [-0.15, -0.1) is 0 Å². The molecule has 0 bridgehead atoms. The van der Waals surface area contributed by atoms with E-state index >= 15 is 0 Å². The largest absolute Gasteiger partial charge is 0.480 e. The summed E-state index contributed by atoms with van der Waals surface area (Å²) in [6.07, 6.45) is 1.73. The van der Waals surface area contributed by atoms with E-state index in [4.69, 9.17) is 5.11 Å². The molecule has 0 aromatic carbocycles. The molecular formula is C11H18N2O5. The molecule has 0 aromatic rings. The zero-order valence-corrected chi connectivity index (χ0v) is 10.5. The number of carboxylic acid groups (broad SMARTS) is 1. The van der Waals surface area contributed by atoms with E-state index in [1.54, 1.807) is 0 Å². The summed E-state index contributed by atoms with van der Waals surface area (Å²) in [5, 5.41) is 11.4. The maximum absolute atomic E-state index is 11.7. The van der Waals surface area contributed by atoms with E-state index in [2.05, 4.69) is 10.1 Å². The van der Waals surface area contributed by atoms with Crippen LogP contribution in [0.4, 0.5) is 4.79 Å². The monoisotopic (exact) mass is 258 g/mol.